The van der Waals surface area contributed by atoms with Gasteiger partial charge in [0.15, 0.2) is 0 Å². The van der Waals surface area contributed by atoms with Gasteiger partial charge in [0.25, 0.3) is 0 Å². The molecule has 0 amide bonds. The summed E-state index contributed by atoms with van der Waals surface area (Å²) in [5.74, 6) is 0.860. The summed E-state index contributed by atoms with van der Waals surface area (Å²) >= 11 is 1.87. The first-order chi connectivity index (χ1) is 7.42. The molecule has 1 aliphatic carbocycles. The van der Waals surface area contributed by atoms with E-state index in [0.29, 0.717) is 0 Å². The molecule has 1 aromatic heterocycles. The maximum absolute atomic E-state index is 3.44. The molecule has 15 heavy (non-hydrogen) atoms. The van der Waals surface area contributed by atoms with E-state index in [1.807, 2.05) is 11.3 Å². The van der Waals surface area contributed by atoms with Gasteiger partial charge < -0.3 is 5.32 Å². The van der Waals surface area contributed by atoms with Crippen molar-refractivity contribution in [1.82, 2.24) is 5.32 Å². The molecule has 1 aliphatic rings. The molecule has 1 aromatic rings. The van der Waals surface area contributed by atoms with Gasteiger partial charge in [0, 0.05) is 6.54 Å². The third-order valence-electron chi connectivity index (χ3n) is 3.39. The first kappa shape index (κ1) is 11.2. The molecule has 0 saturated heterocycles. The fourth-order valence-electron chi connectivity index (χ4n) is 2.51. The lowest BCUT2D eigenvalue weighted by Gasteiger charge is -2.22. The van der Waals surface area contributed by atoms with Crippen molar-refractivity contribution in [2.24, 2.45) is 0 Å². The average molecular weight is 223 g/mol. The molecule has 1 heterocycles. The van der Waals surface area contributed by atoms with Gasteiger partial charge in [-0.15, -0.1) is 0 Å². The van der Waals surface area contributed by atoms with E-state index in [2.05, 4.69) is 23.0 Å². The summed E-state index contributed by atoms with van der Waals surface area (Å²) in [5.41, 5.74) is 3.19. The predicted octanol–water partition coefficient (Wildman–Crippen LogP) is 3.91. The molecule has 1 fully saturated rings. The molecular weight excluding hydrogens is 202 g/mol. The minimum atomic E-state index is 0.860. The van der Waals surface area contributed by atoms with Crippen LogP contribution in [-0.4, -0.2) is 6.54 Å². The fraction of sp³-hybridized carbons (Fsp3) is 0.692. The summed E-state index contributed by atoms with van der Waals surface area (Å²) in [6.45, 7) is 4.30. The molecule has 0 radical (unpaired) electrons. The highest BCUT2D eigenvalue weighted by atomic mass is 32.1. The number of thiophene rings is 1. The minimum Gasteiger partial charge on any atom is -0.313 e. The lowest BCUT2D eigenvalue weighted by Crippen LogP contribution is -2.14. The topological polar surface area (TPSA) is 12.0 Å². The smallest absolute Gasteiger partial charge is 0.0216 e. The van der Waals surface area contributed by atoms with Crippen molar-refractivity contribution in [1.29, 1.82) is 0 Å². The SMILES string of the molecule is CCNCc1cscc1C1CCCCC1. The third-order valence-corrected chi connectivity index (χ3v) is 4.20. The number of hydrogen-bond donors (Lipinski definition) is 1. The first-order valence-electron chi connectivity index (χ1n) is 6.17. The average Bonchev–Trinajstić information content (AvgIpc) is 2.75. The van der Waals surface area contributed by atoms with E-state index in [0.717, 1.165) is 19.0 Å². The Morgan fingerprint density at radius 3 is 2.80 bits per heavy atom. The Morgan fingerprint density at radius 1 is 1.27 bits per heavy atom. The van der Waals surface area contributed by atoms with E-state index in [-0.39, 0.29) is 0 Å². The summed E-state index contributed by atoms with van der Waals surface area (Å²) in [7, 11) is 0. The Labute approximate surface area is 96.9 Å². The van der Waals surface area contributed by atoms with Crippen LogP contribution in [0, 0.1) is 0 Å². The van der Waals surface area contributed by atoms with E-state index >= 15 is 0 Å². The van der Waals surface area contributed by atoms with Crippen LogP contribution in [0.15, 0.2) is 10.8 Å². The minimum absolute atomic E-state index is 0.860. The van der Waals surface area contributed by atoms with Crippen LogP contribution < -0.4 is 5.32 Å². The second-order valence-corrected chi connectivity index (χ2v) is 5.21. The predicted molar refractivity (Wildman–Crippen MR) is 67.5 cm³/mol. The summed E-state index contributed by atoms with van der Waals surface area (Å²) in [6.07, 6.45) is 7.14. The number of nitrogens with one attached hydrogen (secondary N) is 1. The lowest BCUT2D eigenvalue weighted by molar-refractivity contribution is 0.441. The van der Waals surface area contributed by atoms with Gasteiger partial charge in [0.1, 0.15) is 0 Å². The maximum atomic E-state index is 3.44. The fourth-order valence-corrected chi connectivity index (χ4v) is 3.45. The van der Waals surface area contributed by atoms with Gasteiger partial charge in [0.05, 0.1) is 0 Å². The molecule has 2 rings (SSSR count). The van der Waals surface area contributed by atoms with Crippen LogP contribution in [0.3, 0.4) is 0 Å². The highest BCUT2D eigenvalue weighted by molar-refractivity contribution is 7.08. The van der Waals surface area contributed by atoms with E-state index in [1.54, 1.807) is 11.1 Å². The van der Waals surface area contributed by atoms with E-state index in [1.165, 1.54) is 32.1 Å². The summed E-state index contributed by atoms with van der Waals surface area (Å²) in [4.78, 5) is 0. The highest BCUT2D eigenvalue weighted by Crippen LogP contribution is 2.35. The summed E-state index contributed by atoms with van der Waals surface area (Å²) < 4.78 is 0. The Kier molecular flexibility index (Phi) is 4.21. The van der Waals surface area contributed by atoms with Crippen LogP contribution in [0.25, 0.3) is 0 Å². The van der Waals surface area contributed by atoms with Gasteiger partial charge in [-0.1, -0.05) is 26.2 Å². The maximum Gasteiger partial charge on any atom is 0.0216 e. The normalized spacial score (nSPS) is 18.2. The molecule has 0 aliphatic heterocycles. The Hall–Kier alpha value is -0.340. The van der Waals surface area contributed by atoms with Crippen molar-refractivity contribution >= 4 is 11.3 Å². The first-order valence-corrected chi connectivity index (χ1v) is 7.11. The van der Waals surface area contributed by atoms with Crippen LogP contribution >= 0.6 is 11.3 Å². The largest absolute Gasteiger partial charge is 0.313 e. The standard InChI is InChI=1S/C13H21NS/c1-2-14-8-12-9-15-10-13(12)11-6-4-3-5-7-11/h9-11,14H,2-8H2,1H3. The second-order valence-electron chi connectivity index (χ2n) is 4.47. The van der Waals surface area contributed by atoms with Crippen molar-refractivity contribution < 1.29 is 0 Å². The van der Waals surface area contributed by atoms with Crippen LogP contribution in [0.1, 0.15) is 56.1 Å². The number of hydrogen-bond acceptors (Lipinski definition) is 2. The molecule has 1 saturated carbocycles. The van der Waals surface area contributed by atoms with Crippen LogP contribution in [0.4, 0.5) is 0 Å². The van der Waals surface area contributed by atoms with E-state index in [9.17, 15) is 0 Å². The lowest BCUT2D eigenvalue weighted by atomic mass is 9.84. The van der Waals surface area contributed by atoms with Crippen molar-refractivity contribution in [3.8, 4) is 0 Å². The quantitative estimate of drug-likeness (QED) is 0.816. The second kappa shape index (κ2) is 5.66. The van der Waals surface area contributed by atoms with Crippen molar-refractivity contribution in [2.45, 2.75) is 51.5 Å². The molecule has 0 spiro atoms. The molecule has 0 aromatic carbocycles. The monoisotopic (exact) mass is 223 g/mol. The van der Waals surface area contributed by atoms with Crippen LogP contribution in [0.2, 0.25) is 0 Å². The van der Waals surface area contributed by atoms with Crippen molar-refractivity contribution in [2.75, 3.05) is 6.54 Å². The molecule has 2 heteroatoms. The zero-order valence-electron chi connectivity index (χ0n) is 9.59. The highest BCUT2D eigenvalue weighted by Gasteiger charge is 2.18. The molecule has 0 unspecified atom stereocenters. The molecule has 84 valence electrons. The Balaban J connectivity index is 2.02. The van der Waals surface area contributed by atoms with Gasteiger partial charge in [-0.25, -0.2) is 0 Å². The van der Waals surface area contributed by atoms with Gasteiger partial charge in [-0.3, -0.25) is 0 Å². The molecule has 0 atom stereocenters. The van der Waals surface area contributed by atoms with Gasteiger partial charge >= 0.3 is 0 Å². The molecular formula is C13H21NS. The van der Waals surface area contributed by atoms with E-state index < -0.39 is 0 Å². The zero-order chi connectivity index (χ0) is 10.5. The van der Waals surface area contributed by atoms with Crippen molar-refractivity contribution in [3.63, 3.8) is 0 Å². The van der Waals surface area contributed by atoms with Crippen LogP contribution in [0.5, 0.6) is 0 Å². The Bertz CT molecular complexity index is 286. The molecule has 1 N–H and O–H groups in total. The Morgan fingerprint density at radius 2 is 2.07 bits per heavy atom. The van der Waals surface area contributed by atoms with Crippen LogP contribution in [-0.2, 0) is 6.54 Å². The zero-order valence-corrected chi connectivity index (χ0v) is 10.4. The third kappa shape index (κ3) is 2.82. The van der Waals surface area contributed by atoms with Gasteiger partial charge in [0.2, 0.25) is 0 Å². The molecule has 1 nitrogen and oxygen atoms in total. The molecule has 0 bridgehead atoms. The van der Waals surface area contributed by atoms with Crippen molar-refractivity contribution in [3.05, 3.63) is 21.9 Å². The van der Waals surface area contributed by atoms with Gasteiger partial charge in [-0.05, 0) is 47.2 Å². The van der Waals surface area contributed by atoms with Gasteiger partial charge in [-0.2, -0.15) is 11.3 Å². The number of rotatable bonds is 4. The summed E-state index contributed by atoms with van der Waals surface area (Å²) in [6, 6.07) is 0. The summed E-state index contributed by atoms with van der Waals surface area (Å²) in [5, 5.41) is 8.14. The van der Waals surface area contributed by atoms with E-state index in [4.69, 9.17) is 0 Å².